The minimum absolute atomic E-state index is 0.810. The van der Waals surface area contributed by atoms with E-state index in [9.17, 15) is 0 Å². The molecule has 1 fully saturated rings. The van der Waals surface area contributed by atoms with Crippen molar-refractivity contribution in [2.45, 2.75) is 45.1 Å². The van der Waals surface area contributed by atoms with Gasteiger partial charge in [0.1, 0.15) is 0 Å². The lowest BCUT2D eigenvalue weighted by atomic mass is 9.95. The smallest absolute Gasteiger partial charge is 0.190 e. The molecule has 0 saturated heterocycles. The molecule has 2 heteroatoms. The summed E-state index contributed by atoms with van der Waals surface area (Å²) in [4.78, 5) is 0. The normalized spacial score (nSPS) is 19.8. The van der Waals surface area contributed by atoms with Gasteiger partial charge in [-0.1, -0.05) is 17.8 Å². The number of hydrogen-bond acceptors (Lipinski definition) is 1. The number of rotatable bonds is 1. The Morgan fingerprint density at radius 3 is 2.67 bits per heavy atom. The third-order valence-electron chi connectivity index (χ3n) is 2.79. The second kappa shape index (κ2) is 3.56. The molecule has 1 heterocycles. The van der Waals surface area contributed by atoms with Gasteiger partial charge in [-0.3, -0.25) is 0 Å². The van der Waals surface area contributed by atoms with Gasteiger partial charge in [0.25, 0.3) is 0 Å². The highest BCUT2D eigenvalue weighted by molar-refractivity contribution is 7.07. The molecule has 1 aromatic rings. The lowest BCUT2D eigenvalue weighted by Crippen LogP contribution is -2.40. The van der Waals surface area contributed by atoms with Crippen LogP contribution in [0.3, 0.4) is 0 Å². The van der Waals surface area contributed by atoms with Crippen LogP contribution >= 0.6 is 11.3 Å². The van der Waals surface area contributed by atoms with E-state index >= 15 is 0 Å². The second-order valence-electron chi connectivity index (χ2n) is 3.70. The molecule has 0 spiro atoms. The van der Waals surface area contributed by atoms with Crippen molar-refractivity contribution in [3.05, 3.63) is 16.6 Å². The van der Waals surface area contributed by atoms with Gasteiger partial charge in [-0.2, -0.15) is 4.57 Å². The topological polar surface area (TPSA) is 3.88 Å². The molecule has 0 aliphatic heterocycles. The number of hydrogen-bond donors (Lipinski definition) is 0. The molecule has 0 atom stereocenters. The summed E-state index contributed by atoms with van der Waals surface area (Å²) in [5, 5.41) is 2.24. The van der Waals surface area contributed by atoms with Crippen molar-refractivity contribution in [3.63, 3.8) is 0 Å². The van der Waals surface area contributed by atoms with Gasteiger partial charge in [0.2, 0.25) is 5.51 Å². The molecule has 1 nitrogen and oxygen atoms in total. The minimum atomic E-state index is 0.810. The fourth-order valence-corrected chi connectivity index (χ4v) is 2.92. The summed E-state index contributed by atoms with van der Waals surface area (Å²) in [6.07, 6.45) is 7.07. The van der Waals surface area contributed by atoms with E-state index in [1.807, 2.05) is 11.3 Å². The quantitative estimate of drug-likeness (QED) is 0.588. The van der Waals surface area contributed by atoms with Gasteiger partial charge >= 0.3 is 0 Å². The fraction of sp³-hybridized carbons (Fsp3) is 0.700. The van der Waals surface area contributed by atoms with Crippen molar-refractivity contribution in [1.29, 1.82) is 0 Å². The van der Waals surface area contributed by atoms with Gasteiger partial charge in [-0.25, -0.2) is 0 Å². The Balaban J connectivity index is 2.13. The van der Waals surface area contributed by atoms with Gasteiger partial charge in [0.15, 0.2) is 11.7 Å². The highest BCUT2D eigenvalue weighted by atomic mass is 32.1. The van der Waals surface area contributed by atoms with E-state index in [0.29, 0.717) is 0 Å². The molecule has 0 bridgehead atoms. The SMILES string of the molecule is Cc1csc[n+]1C1CCCCC1. The maximum absolute atomic E-state index is 2.46. The molecule has 1 aliphatic rings. The van der Waals surface area contributed by atoms with Crippen LogP contribution in [0.5, 0.6) is 0 Å². The zero-order valence-corrected chi connectivity index (χ0v) is 8.44. The first-order valence-electron chi connectivity index (χ1n) is 4.82. The zero-order valence-electron chi connectivity index (χ0n) is 7.62. The lowest BCUT2D eigenvalue weighted by molar-refractivity contribution is -0.726. The molecule has 0 N–H and O–H groups in total. The van der Waals surface area contributed by atoms with E-state index < -0.39 is 0 Å². The predicted octanol–water partition coefficient (Wildman–Crippen LogP) is 2.85. The molecule has 0 amide bonds. The van der Waals surface area contributed by atoms with Crippen molar-refractivity contribution in [2.75, 3.05) is 0 Å². The van der Waals surface area contributed by atoms with E-state index in [1.165, 1.54) is 37.8 Å². The summed E-state index contributed by atoms with van der Waals surface area (Å²) in [6, 6.07) is 0.810. The van der Waals surface area contributed by atoms with E-state index in [4.69, 9.17) is 0 Å². The van der Waals surface area contributed by atoms with E-state index in [0.717, 1.165) is 6.04 Å². The van der Waals surface area contributed by atoms with Gasteiger partial charge in [-0.15, -0.1) is 0 Å². The fourth-order valence-electron chi connectivity index (χ4n) is 2.07. The Morgan fingerprint density at radius 2 is 2.08 bits per heavy atom. The average Bonchev–Trinajstić information content (AvgIpc) is 2.53. The van der Waals surface area contributed by atoms with E-state index in [1.54, 1.807) is 0 Å². The molecule has 1 aliphatic carbocycles. The van der Waals surface area contributed by atoms with Crippen LogP contribution in [0.4, 0.5) is 0 Å². The minimum Gasteiger partial charge on any atom is -0.190 e. The highest BCUT2D eigenvalue weighted by Gasteiger charge is 2.23. The Hall–Kier alpha value is -0.370. The van der Waals surface area contributed by atoms with Gasteiger partial charge < -0.3 is 0 Å². The van der Waals surface area contributed by atoms with Crippen LogP contribution in [0, 0.1) is 6.92 Å². The maximum Gasteiger partial charge on any atom is 0.225 e. The average molecular weight is 182 g/mol. The number of nitrogens with zero attached hydrogens (tertiary/aromatic N) is 1. The molecule has 2 rings (SSSR count). The van der Waals surface area contributed by atoms with E-state index in [-0.39, 0.29) is 0 Å². The Morgan fingerprint density at radius 1 is 1.33 bits per heavy atom. The first-order valence-corrected chi connectivity index (χ1v) is 5.76. The molecule has 0 radical (unpaired) electrons. The van der Waals surface area contributed by atoms with Crippen LogP contribution in [0.2, 0.25) is 0 Å². The van der Waals surface area contributed by atoms with Crippen molar-refractivity contribution >= 4 is 11.3 Å². The summed E-state index contributed by atoms with van der Waals surface area (Å²) < 4.78 is 2.46. The van der Waals surface area contributed by atoms with Crippen molar-refractivity contribution < 1.29 is 4.57 Å². The second-order valence-corrected chi connectivity index (χ2v) is 4.42. The van der Waals surface area contributed by atoms with Crippen LogP contribution in [-0.4, -0.2) is 0 Å². The van der Waals surface area contributed by atoms with Crippen molar-refractivity contribution in [1.82, 2.24) is 0 Å². The Kier molecular flexibility index (Phi) is 2.45. The Labute approximate surface area is 78.1 Å². The van der Waals surface area contributed by atoms with Crippen molar-refractivity contribution in [2.24, 2.45) is 0 Å². The van der Waals surface area contributed by atoms with Crippen molar-refractivity contribution in [3.8, 4) is 0 Å². The largest absolute Gasteiger partial charge is 0.225 e. The lowest BCUT2D eigenvalue weighted by Gasteiger charge is -2.16. The van der Waals surface area contributed by atoms with Crippen LogP contribution in [0.15, 0.2) is 10.9 Å². The Bertz CT molecular complexity index is 248. The predicted molar refractivity (Wildman–Crippen MR) is 51.4 cm³/mol. The van der Waals surface area contributed by atoms with Crippen LogP contribution < -0.4 is 4.57 Å². The zero-order chi connectivity index (χ0) is 8.39. The van der Waals surface area contributed by atoms with Crippen LogP contribution in [0.1, 0.15) is 43.8 Å². The van der Waals surface area contributed by atoms with Crippen LogP contribution in [0.25, 0.3) is 0 Å². The summed E-state index contributed by atoms with van der Waals surface area (Å²) in [6.45, 7) is 2.21. The number of aromatic nitrogens is 1. The number of thiazole rings is 1. The van der Waals surface area contributed by atoms with Crippen LogP contribution in [-0.2, 0) is 0 Å². The molecule has 1 aromatic heterocycles. The third-order valence-corrected chi connectivity index (χ3v) is 3.61. The summed E-state index contributed by atoms with van der Waals surface area (Å²) in [5.41, 5.74) is 3.71. The molecular formula is C10H16NS+. The molecule has 12 heavy (non-hydrogen) atoms. The monoisotopic (exact) mass is 182 g/mol. The molecule has 66 valence electrons. The van der Waals surface area contributed by atoms with E-state index in [2.05, 4.69) is 22.4 Å². The molecular weight excluding hydrogens is 166 g/mol. The first kappa shape index (κ1) is 8.24. The third kappa shape index (κ3) is 1.53. The van der Waals surface area contributed by atoms with Gasteiger partial charge in [0.05, 0.1) is 5.38 Å². The summed E-state index contributed by atoms with van der Waals surface area (Å²) in [5.74, 6) is 0. The van der Waals surface area contributed by atoms with Gasteiger partial charge in [0, 0.05) is 19.8 Å². The van der Waals surface area contributed by atoms with Gasteiger partial charge in [-0.05, 0) is 12.8 Å². The summed E-state index contributed by atoms with van der Waals surface area (Å²) in [7, 11) is 0. The highest BCUT2D eigenvalue weighted by Crippen LogP contribution is 2.24. The molecule has 1 saturated carbocycles. The molecule has 0 unspecified atom stereocenters. The maximum atomic E-state index is 2.46. The number of aryl methyl sites for hydroxylation is 1. The first-order chi connectivity index (χ1) is 5.88. The standard InChI is InChI=1S/C10H16NS/c1-9-7-12-8-11(9)10-5-3-2-4-6-10/h7-8,10H,2-6H2,1H3/q+1. The molecule has 0 aromatic carbocycles. The summed E-state index contributed by atoms with van der Waals surface area (Å²) >= 11 is 1.82.